The molecule has 0 atom stereocenters. The van der Waals surface area contributed by atoms with E-state index in [1.807, 2.05) is 11.4 Å². The van der Waals surface area contributed by atoms with Crippen molar-refractivity contribution in [2.75, 3.05) is 0 Å². The fourth-order valence-corrected chi connectivity index (χ4v) is 3.91. The third-order valence-corrected chi connectivity index (χ3v) is 5.22. The molecule has 7 heteroatoms. The van der Waals surface area contributed by atoms with Crippen LogP contribution in [-0.2, 0) is 0 Å². The molecule has 0 saturated carbocycles. The highest BCUT2D eigenvalue weighted by Crippen LogP contribution is 2.43. The van der Waals surface area contributed by atoms with Gasteiger partial charge in [-0.1, -0.05) is 6.58 Å². The Morgan fingerprint density at radius 2 is 2.18 bits per heavy atom. The molecular weight excluding hydrogens is 389 g/mol. The number of aromatic nitrogens is 1. The first-order chi connectivity index (χ1) is 10.5. The van der Waals surface area contributed by atoms with E-state index in [0.717, 1.165) is 15.4 Å². The molecule has 3 N–H and O–H groups in total. The van der Waals surface area contributed by atoms with Gasteiger partial charge >= 0.3 is 0 Å². The average molecular weight is 399 g/mol. The van der Waals surface area contributed by atoms with Crippen LogP contribution in [0.2, 0.25) is 0 Å². The maximum atomic E-state index is 14.4. The molecule has 112 valence electrons. The summed E-state index contributed by atoms with van der Waals surface area (Å²) < 4.78 is 15.1. The Hall–Kier alpha value is -1.63. The van der Waals surface area contributed by atoms with Crippen molar-refractivity contribution >= 4 is 66.3 Å². The van der Waals surface area contributed by atoms with Crippen LogP contribution in [0.3, 0.4) is 0 Å². The molecule has 1 aromatic carbocycles. The maximum absolute atomic E-state index is 14.4. The van der Waals surface area contributed by atoms with Gasteiger partial charge in [0.15, 0.2) is 5.29 Å². The van der Waals surface area contributed by atoms with Gasteiger partial charge in [-0.2, -0.15) is 0 Å². The minimum atomic E-state index is -0.338. The van der Waals surface area contributed by atoms with Crippen molar-refractivity contribution in [2.45, 2.75) is 0 Å². The number of aliphatic imine (C=N–C) groups is 1. The molecule has 0 saturated heterocycles. The van der Waals surface area contributed by atoms with Gasteiger partial charge < -0.3 is 10.7 Å². The van der Waals surface area contributed by atoms with Crippen molar-refractivity contribution in [3.8, 4) is 0 Å². The summed E-state index contributed by atoms with van der Waals surface area (Å²) in [7, 11) is 0. The molecule has 0 aliphatic carbocycles. The van der Waals surface area contributed by atoms with Crippen LogP contribution in [0.15, 0.2) is 45.8 Å². The highest BCUT2D eigenvalue weighted by Gasteiger charge is 2.19. The second kappa shape index (κ2) is 5.87. The van der Waals surface area contributed by atoms with Gasteiger partial charge in [-0.15, -0.1) is 11.3 Å². The van der Waals surface area contributed by atoms with Crippen molar-refractivity contribution < 1.29 is 4.39 Å². The Balaban J connectivity index is 2.21. The van der Waals surface area contributed by atoms with Crippen molar-refractivity contribution in [2.24, 2.45) is 10.7 Å². The van der Waals surface area contributed by atoms with Crippen LogP contribution in [0.5, 0.6) is 0 Å². The molecule has 3 rings (SSSR count). The van der Waals surface area contributed by atoms with Gasteiger partial charge in [0, 0.05) is 28.0 Å². The molecule has 3 aromatic rings. The van der Waals surface area contributed by atoms with Gasteiger partial charge in [-0.25, -0.2) is 9.38 Å². The van der Waals surface area contributed by atoms with Crippen molar-refractivity contribution in [1.29, 1.82) is 0 Å². The molecule has 3 nitrogen and oxygen atoms in total. The van der Waals surface area contributed by atoms with Crippen LogP contribution in [0, 0.1) is 5.82 Å². The number of nitrogens with one attached hydrogen (secondary N) is 1. The number of hydrogen-bond acceptors (Lipinski definition) is 2. The smallest absolute Gasteiger partial charge is 0.193 e. The first kappa shape index (κ1) is 15.3. The van der Waals surface area contributed by atoms with Crippen LogP contribution in [0.4, 0.5) is 10.1 Å². The Bertz CT molecular complexity index is 909. The molecule has 0 unspecified atom stereocenters. The third kappa shape index (κ3) is 2.58. The molecule has 0 bridgehead atoms. The zero-order valence-corrected chi connectivity index (χ0v) is 14.3. The summed E-state index contributed by atoms with van der Waals surface area (Å²) in [6.45, 7) is 4.05. The Morgan fingerprint density at radius 3 is 2.91 bits per heavy atom. The van der Waals surface area contributed by atoms with Gasteiger partial charge in [0.25, 0.3) is 0 Å². The lowest BCUT2D eigenvalue weighted by atomic mass is 10.0. The normalized spacial score (nSPS) is 12.0. The predicted molar refractivity (Wildman–Crippen MR) is 95.5 cm³/mol. The van der Waals surface area contributed by atoms with Crippen LogP contribution in [0.25, 0.3) is 16.5 Å². The highest BCUT2D eigenvalue weighted by atomic mass is 79.9. The molecule has 0 spiro atoms. The minimum absolute atomic E-state index is 0.0894. The first-order valence-corrected chi connectivity index (χ1v) is 8.26. The summed E-state index contributed by atoms with van der Waals surface area (Å²) in [5.41, 5.74) is 7.83. The molecule has 2 heterocycles. The molecule has 0 aliphatic rings. The van der Waals surface area contributed by atoms with E-state index < -0.39 is 0 Å². The first-order valence-electron chi connectivity index (χ1n) is 6.21. The predicted octanol–water partition coefficient (Wildman–Crippen LogP) is 5.38. The number of nitrogens with two attached hydrogens (primary N) is 1. The quantitative estimate of drug-likeness (QED) is 0.347. The number of hydrogen-bond donors (Lipinski definition) is 2. The Kier molecular flexibility index (Phi) is 4.08. The summed E-state index contributed by atoms with van der Waals surface area (Å²) in [5.74, 6) is -0.338. The van der Waals surface area contributed by atoms with Crippen LogP contribution in [0.1, 0.15) is 10.4 Å². The third-order valence-electron chi connectivity index (χ3n) is 3.20. The van der Waals surface area contributed by atoms with Crippen molar-refractivity contribution in [3.05, 3.63) is 57.1 Å². The van der Waals surface area contributed by atoms with Gasteiger partial charge in [-0.3, -0.25) is 0 Å². The number of nitrogens with zero attached hydrogens (tertiary/aromatic N) is 1. The monoisotopic (exact) mass is 397 g/mol. The van der Waals surface area contributed by atoms with E-state index in [1.165, 1.54) is 17.4 Å². The standard InChI is InChI=1S/C15H10BrClFN3S/c1-7(14-13(21-15(17)19)9(16)6-22-14)12-8-4-5-20-11(8)3-2-10(12)18/h2-6,20H,1H2,(H2,19,21). The number of rotatable bonds is 3. The molecule has 0 radical (unpaired) electrons. The van der Waals surface area contributed by atoms with Crippen LogP contribution < -0.4 is 5.73 Å². The van der Waals surface area contributed by atoms with Gasteiger partial charge in [0.05, 0.1) is 15.0 Å². The second-order valence-corrected chi connectivity index (χ2v) is 6.66. The molecule has 0 fully saturated rings. The summed E-state index contributed by atoms with van der Waals surface area (Å²) in [5, 5.41) is 2.52. The zero-order chi connectivity index (χ0) is 15.9. The molecular formula is C15H10BrClFN3S. The number of fused-ring (bicyclic) bond motifs is 1. The van der Waals surface area contributed by atoms with Gasteiger partial charge in [-0.05, 0) is 51.3 Å². The number of halogens is 3. The Morgan fingerprint density at radius 1 is 1.41 bits per heavy atom. The minimum Gasteiger partial charge on any atom is -0.374 e. The number of benzene rings is 1. The lowest BCUT2D eigenvalue weighted by Crippen LogP contribution is -2.00. The lowest BCUT2D eigenvalue weighted by Gasteiger charge is -2.09. The van der Waals surface area contributed by atoms with E-state index in [1.54, 1.807) is 12.3 Å². The number of H-pyrrole nitrogens is 1. The molecule has 0 amide bonds. The van der Waals surface area contributed by atoms with E-state index in [4.69, 9.17) is 17.3 Å². The largest absolute Gasteiger partial charge is 0.374 e. The summed E-state index contributed by atoms with van der Waals surface area (Å²) in [6, 6.07) is 4.93. The van der Waals surface area contributed by atoms with Gasteiger partial charge in [0.2, 0.25) is 0 Å². The Labute approximate surface area is 143 Å². The zero-order valence-electron chi connectivity index (χ0n) is 11.2. The fraction of sp³-hybridized carbons (Fsp3) is 0. The topological polar surface area (TPSA) is 54.2 Å². The van der Waals surface area contributed by atoms with E-state index in [0.29, 0.717) is 21.7 Å². The molecule has 2 aromatic heterocycles. The van der Waals surface area contributed by atoms with Crippen molar-refractivity contribution in [1.82, 2.24) is 4.98 Å². The highest BCUT2D eigenvalue weighted by molar-refractivity contribution is 9.10. The van der Waals surface area contributed by atoms with Crippen LogP contribution >= 0.6 is 38.9 Å². The SMILES string of the molecule is C=C(c1scc(Br)c1/N=C(\N)Cl)c1c(F)ccc2[nH]ccc12. The van der Waals surface area contributed by atoms with Gasteiger partial charge in [0.1, 0.15) is 5.82 Å². The number of thiophene rings is 1. The van der Waals surface area contributed by atoms with E-state index in [2.05, 4.69) is 32.5 Å². The van der Waals surface area contributed by atoms with E-state index in [9.17, 15) is 4.39 Å². The van der Waals surface area contributed by atoms with E-state index in [-0.39, 0.29) is 11.1 Å². The lowest BCUT2D eigenvalue weighted by molar-refractivity contribution is 0.626. The van der Waals surface area contributed by atoms with E-state index >= 15 is 0 Å². The fourth-order valence-electron chi connectivity index (χ4n) is 2.28. The number of amidine groups is 1. The molecule has 22 heavy (non-hydrogen) atoms. The summed E-state index contributed by atoms with van der Waals surface area (Å²) >= 11 is 10.5. The van der Waals surface area contributed by atoms with Crippen molar-refractivity contribution in [3.63, 3.8) is 0 Å². The maximum Gasteiger partial charge on any atom is 0.193 e. The molecule has 0 aliphatic heterocycles. The summed E-state index contributed by atoms with van der Waals surface area (Å²) in [6.07, 6.45) is 1.76. The van der Waals surface area contributed by atoms with Crippen LogP contribution in [-0.4, -0.2) is 10.3 Å². The number of aromatic amines is 1. The average Bonchev–Trinajstić information content (AvgIpc) is 3.05. The second-order valence-electron chi connectivity index (χ2n) is 4.54. The summed E-state index contributed by atoms with van der Waals surface area (Å²) in [4.78, 5) is 7.87.